The monoisotopic (exact) mass is 371 g/mol. The fourth-order valence-electron chi connectivity index (χ4n) is 3.74. The third kappa shape index (κ3) is 4.89. The number of benzene rings is 3. The molecule has 1 amide bonds. The van der Waals surface area contributed by atoms with Crippen molar-refractivity contribution in [3.05, 3.63) is 106 Å². The lowest BCUT2D eigenvalue weighted by Gasteiger charge is -2.21. The van der Waals surface area contributed by atoms with Gasteiger partial charge in [-0.3, -0.25) is 4.79 Å². The van der Waals surface area contributed by atoms with Crippen LogP contribution in [0.3, 0.4) is 0 Å². The minimum absolute atomic E-state index is 0.00971. The zero-order valence-corrected chi connectivity index (χ0v) is 17.0. The van der Waals surface area contributed by atoms with Gasteiger partial charge in [0, 0.05) is 5.56 Å². The SMILES string of the molecule is CC[C@@H](NC(=O)c1ccccc1CCc1ccccc1)c1ccc(C)cc1C. The molecular weight excluding hydrogens is 342 g/mol. The maximum atomic E-state index is 13.1. The first-order valence-corrected chi connectivity index (χ1v) is 10.1. The minimum Gasteiger partial charge on any atom is -0.345 e. The van der Waals surface area contributed by atoms with Gasteiger partial charge in [-0.15, -0.1) is 0 Å². The van der Waals surface area contributed by atoms with Crippen molar-refractivity contribution >= 4 is 5.91 Å². The Morgan fingerprint density at radius 3 is 2.32 bits per heavy atom. The van der Waals surface area contributed by atoms with Crippen LogP contribution in [0.5, 0.6) is 0 Å². The van der Waals surface area contributed by atoms with E-state index < -0.39 is 0 Å². The Morgan fingerprint density at radius 2 is 1.61 bits per heavy atom. The molecule has 0 aliphatic carbocycles. The molecule has 1 atom stereocenters. The van der Waals surface area contributed by atoms with E-state index in [-0.39, 0.29) is 11.9 Å². The Balaban J connectivity index is 1.76. The Hall–Kier alpha value is -2.87. The number of nitrogens with one attached hydrogen (secondary N) is 1. The fourth-order valence-corrected chi connectivity index (χ4v) is 3.74. The first kappa shape index (κ1) is 19.9. The molecule has 3 rings (SSSR count). The molecule has 0 aliphatic heterocycles. The second kappa shape index (κ2) is 9.36. The third-order valence-corrected chi connectivity index (χ3v) is 5.30. The van der Waals surface area contributed by atoms with Gasteiger partial charge in [-0.1, -0.05) is 79.2 Å². The highest BCUT2D eigenvalue weighted by Crippen LogP contribution is 2.23. The van der Waals surface area contributed by atoms with Crippen molar-refractivity contribution in [3.8, 4) is 0 Å². The number of carbonyl (C=O) groups is 1. The summed E-state index contributed by atoms with van der Waals surface area (Å²) in [5.74, 6) is 0.00971. The van der Waals surface area contributed by atoms with Crippen LogP contribution in [0.2, 0.25) is 0 Å². The summed E-state index contributed by atoms with van der Waals surface area (Å²) >= 11 is 0. The molecule has 0 aromatic heterocycles. The molecule has 0 heterocycles. The maximum absolute atomic E-state index is 13.1. The second-order valence-electron chi connectivity index (χ2n) is 7.44. The van der Waals surface area contributed by atoms with Crippen molar-refractivity contribution in [1.29, 1.82) is 0 Å². The average Bonchev–Trinajstić information content (AvgIpc) is 2.72. The zero-order chi connectivity index (χ0) is 19.9. The lowest BCUT2D eigenvalue weighted by molar-refractivity contribution is 0.0934. The van der Waals surface area contributed by atoms with Gasteiger partial charge >= 0.3 is 0 Å². The molecule has 28 heavy (non-hydrogen) atoms. The van der Waals surface area contributed by atoms with Gasteiger partial charge in [0.15, 0.2) is 0 Å². The van der Waals surface area contributed by atoms with Crippen LogP contribution in [-0.4, -0.2) is 5.91 Å². The van der Waals surface area contributed by atoms with Crippen LogP contribution in [0.15, 0.2) is 72.8 Å². The van der Waals surface area contributed by atoms with Crippen molar-refractivity contribution < 1.29 is 4.79 Å². The molecule has 0 spiro atoms. The Morgan fingerprint density at radius 1 is 0.893 bits per heavy atom. The van der Waals surface area contributed by atoms with Gasteiger partial charge in [-0.2, -0.15) is 0 Å². The molecule has 0 fully saturated rings. The molecule has 0 saturated heterocycles. The second-order valence-corrected chi connectivity index (χ2v) is 7.44. The van der Waals surface area contributed by atoms with Crippen molar-refractivity contribution in [2.75, 3.05) is 0 Å². The summed E-state index contributed by atoms with van der Waals surface area (Å²) in [6, 6.07) is 24.8. The van der Waals surface area contributed by atoms with E-state index in [1.165, 1.54) is 22.3 Å². The first-order chi connectivity index (χ1) is 13.6. The Bertz CT molecular complexity index is 930. The molecule has 2 heteroatoms. The number of hydrogen-bond acceptors (Lipinski definition) is 1. The average molecular weight is 372 g/mol. The molecule has 2 nitrogen and oxygen atoms in total. The van der Waals surface area contributed by atoms with E-state index >= 15 is 0 Å². The summed E-state index contributed by atoms with van der Waals surface area (Å²) in [5.41, 5.74) is 6.84. The predicted molar refractivity (Wildman–Crippen MR) is 117 cm³/mol. The third-order valence-electron chi connectivity index (χ3n) is 5.30. The van der Waals surface area contributed by atoms with Gasteiger partial charge in [-0.05, 0) is 61.4 Å². The van der Waals surface area contributed by atoms with Gasteiger partial charge in [0.05, 0.1) is 6.04 Å². The fraction of sp³-hybridized carbons (Fsp3) is 0.269. The normalized spacial score (nSPS) is 11.8. The molecule has 0 unspecified atom stereocenters. The summed E-state index contributed by atoms with van der Waals surface area (Å²) in [5, 5.41) is 3.26. The molecule has 3 aromatic rings. The highest BCUT2D eigenvalue weighted by atomic mass is 16.1. The highest BCUT2D eigenvalue weighted by Gasteiger charge is 2.18. The molecule has 144 valence electrons. The van der Waals surface area contributed by atoms with E-state index in [1.807, 2.05) is 24.3 Å². The van der Waals surface area contributed by atoms with Crippen molar-refractivity contribution in [3.63, 3.8) is 0 Å². The molecule has 0 saturated carbocycles. The minimum atomic E-state index is 0.00971. The largest absolute Gasteiger partial charge is 0.345 e. The number of amides is 1. The lowest BCUT2D eigenvalue weighted by Crippen LogP contribution is -2.29. The van der Waals surface area contributed by atoms with Crippen LogP contribution in [-0.2, 0) is 12.8 Å². The van der Waals surface area contributed by atoms with Gasteiger partial charge in [-0.25, -0.2) is 0 Å². The van der Waals surface area contributed by atoms with Crippen LogP contribution < -0.4 is 5.32 Å². The molecular formula is C26H29NO. The number of rotatable bonds is 7. The maximum Gasteiger partial charge on any atom is 0.252 e. The van der Waals surface area contributed by atoms with E-state index in [1.54, 1.807) is 0 Å². The van der Waals surface area contributed by atoms with Crippen LogP contribution in [0.4, 0.5) is 0 Å². The summed E-state index contributed by atoms with van der Waals surface area (Å²) in [6.07, 6.45) is 2.65. The number of hydrogen-bond donors (Lipinski definition) is 1. The predicted octanol–water partition coefficient (Wildman–Crippen LogP) is 5.97. The summed E-state index contributed by atoms with van der Waals surface area (Å²) in [4.78, 5) is 13.1. The van der Waals surface area contributed by atoms with Crippen LogP contribution in [0.1, 0.15) is 57.6 Å². The lowest BCUT2D eigenvalue weighted by atomic mass is 9.96. The number of aryl methyl sites for hydroxylation is 4. The molecule has 0 radical (unpaired) electrons. The molecule has 0 bridgehead atoms. The van der Waals surface area contributed by atoms with E-state index in [4.69, 9.17) is 0 Å². The van der Waals surface area contributed by atoms with E-state index in [2.05, 4.69) is 74.6 Å². The van der Waals surface area contributed by atoms with Crippen LogP contribution >= 0.6 is 0 Å². The van der Waals surface area contributed by atoms with Gasteiger partial charge in [0.25, 0.3) is 5.91 Å². The molecule has 3 aromatic carbocycles. The van der Waals surface area contributed by atoms with Gasteiger partial charge in [0.1, 0.15) is 0 Å². The Labute approximate surface area is 168 Å². The van der Waals surface area contributed by atoms with Crippen molar-refractivity contribution in [1.82, 2.24) is 5.32 Å². The van der Waals surface area contributed by atoms with Crippen molar-refractivity contribution in [2.45, 2.75) is 46.1 Å². The zero-order valence-electron chi connectivity index (χ0n) is 17.0. The topological polar surface area (TPSA) is 29.1 Å². The summed E-state index contributed by atoms with van der Waals surface area (Å²) in [7, 11) is 0. The van der Waals surface area contributed by atoms with Gasteiger partial charge < -0.3 is 5.32 Å². The van der Waals surface area contributed by atoms with E-state index in [0.717, 1.165) is 30.4 Å². The van der Waals surface area contributed by atoms with Crippen LogP contribution in [0.25, 0.3) is 0 Å². The smallest absolute Gasteiger partial charge is 0.252 e. The molecule has 1 N–H and O–H groups in total. The van der Waals surface area contributed by atoms with Crippen molar-refractivity contribution in [2.24, 2.45) is 0 Å². The van der Waals surface area contributed by atoms with E-state index in [0.29, 0.717) is 0 Å². The summed E-state index contributed by atoms with van der Waals surface area (Å²) < 4.78 is 0. The van der Waals surface area contributed by atoms with E-state index in [9.17, 15) is 4.79 Å². The van der Waals surface area contributed by atoms with Crippen LogP contribution in [0, 0.1) is 13.8 Å². The summed E-state index contributed by atoms with van der Waals surface area (Å²) in [6.45, 7) is 6.33. The number of carbonyl (C=O) groups excluding carboxylic acids is 1. The first-order valence-electron chi connectivity index (χ1n) is 10.1. The molecule has 0 aliphatic rings. The highest BCUT2D eigenvalue weighted by molar-refractivity contribution is 5.96. The Kier molecular flexibility index (Phi) is 6.65. The standard InChI is InChI=1S/C26H29NO/c1-4-25(23-17-14-19(2)18-20(23)3)27-26(28)24-13-9-8-12-22(24)16-15-21-10-6-5-7-11-21/h5-14,17-18,25H,4,15-16H2,1-3H3,(H,27,28)/t25-/m1/s1. The quantitative estimate of drug-likeness (QED) is 0.545. The van der Waals surface area contributed by atoms with Gasteiger partial charge in [0.2, 0.25) is 0 Å².